The number of hydrogen-bond acceptors (Lipinski definition) is 27. The van der Waals surface area contributed by atoms with Crippen LogP contribution in [0.4, 0.5) is 0 Å². The number of rotatable bonds is 17. The molecule has 10 rings (SSSR count). The quantitative estimate of drug-likeness (QED) is 0.0407. The molecule has 0 bridgehead atoms. The van der Waals surface area contributed by atoms with Crippen LogP contribution in [-0.2, 0) is 66.7 Å². The lowest BCUT2D eigenvalue weighted by Gasteiger charge is -2.60. The zero-order chi connectivity index (χ0) is 62.8. The third-order valence-corrected chi connectivity index (χ3v) is 21.8. The molecule has 6 aliphatic heterocycles. The largest absolute Gasteiger partial charge is 0.397 e. The number of ether oxygens (including phenoxy) is 11. The summed E-state index contributed by atoms with van der Waals surface area (Å²) < 4.78 is 107. The molecule has 0 aromatic rings. The van der Waals surface area contributed by atoms with Gasteiger partial charge in [-0.25, -0.2) is 4.18 Å². The normalized spacial score (nSPS) is 54.1. The smallest absolute Gasteiger partial charge is 0.394 e. The van der Waals surface area contributed by atoms with Crippen LogP contribution in [0.15, 0.2) is 11.6 Å². The Morgan fingerprint density at radius 1 is 0.581 bits per heavy atom. The van der Waals surface area contributed by atoms with E-state index in [2.05, 4.69) is 33.8 Å². The van der Waals surface area contributed by atoms with Crippen LogP contribution in [0, 0.1) is 40.4 Å². The highest BCUT2D eigenvalue weighted by molar-refractivity contribution is 7.80. The zero-order valence-corrected chi connectivity index (χ0v) is 50.8. The Hall–Kier alpha value is -1.35. The second-order valence-corrected chi connectivity index (χ2v) is 28.4. The summed E-state index contributed by atoms with van der Waals surface area (Å²) in [7, 11) is -4.89. The van der Waals surface area contributed by atoms with Crippen LogP contribution in [0.2, 0.25) is 0 Å². The van der Waals surface area contributed by atoms with E-state index in [4.69, 9.17) is 56.3 Å². The SMILES string of the molecule is CC(C)C[C@@H]1O[C@H]1[C@](C)(O)[C@H]1CC[C@H]2[C@@H]3C[C@H](O[C@@H]4O[C@H](CO)[C@@H](O)[C@H](O[C@@H]5O[C@H](C)[C@@H](O[C@@H]6O[C@H](C)[C@@H](O)[C@H](O)[C@H]6O[C@@H]6O[C@H](C)[C@H](O)[C@H](O)[C@H]6O)[C@H](O)[C@H]5O[C@@H]5O[C@H](C)[C@@H](O)[C@H](O)[C@H]5O)[C@H]4O)[C@H]4C[C@@H](OS(=O)(=O)O)CC[C@]4(C)C3=CC[C@]12C. The fraction of sp³-hybridized carbons (Fsp3) is 0.965. The van der Waals surface area contributed by atoms with Crippen LogP contribution in [0.1, 0.15) is 114 Å². The maximum absolute atomic E-state index is 12.5. The Kier molecular flexibility index (Phi) is 20.0. The van der Waals surface area contributed by atoms with E-state index in [-0.39, 0.29) is 48.2 Å². The Morgan fingerprint density at radius 2 is 1.10 bits per heavy atom. The van der Waals surface area contributed by atoms with Gasteiger partial charge < -0.3 is 118 Å². The van der Waals surface area contributed by atoms with Gasteiger partial charge in [0.05, 0.1) is 54.9 Å². The summed E-state index contributed by atoms with van der Waals surface area (Å²) in [5.74, 6) is -0.383. The third-order valence-electron chi connectivity index (χ3n) is 21.2. The summed E-state index contributed by atoms with van der Waals surface area (Å²) in [6.07, 6.45) is -38.0. The average Bonchev–Trinajstić information content (AvgIpc) is 1.37. The summed E-state index contributed by atoms with van der Waals surface area (Å²) >= 11 is 0. The van der Waals surface area contributed by atoms with Gasteiger partial charge in [-0.15, -0.1) is 0 Å². The molecule has 36 atom stereocenters. The van der Waals surface area contributed by atoms with Crippen molar-refractivity contribution in [1.82, 2.24) is 0 Å². The van der Waals surface area contributed by atoms with Gasteiger partial charge in [-0.1, -0.05) is 39.3 Å². The van der Waals surface area contributed by atoms with Gasteiger partial charge in [0.1, 0.15) is 104 Å². The molecule has 86 heavy (non-hydrogen) atoms. The van der Waals surface area contributed by atoms with E-state index in [1.165, 1.54) is 33.3 Å². The average molecular weight is 1260 g/mol. The van der Waals surface area contributed by atoms with Gasteiger partial charge in [-0.3, -0.25) is 4.55 Å². The van der Waals surface area contributed by atoms with Crippen molar-refractivity contribution < 1.29 is 136 Å². The fourth-order valence-corrected chi connectivity index (χ4v) is 17.0. The minimum atomic E-state index is -4.89. The van der Waals surface area contributed by atoms with Gasteiger partial charge >= 0.3 is 10.4 Å². The van der Waals surface area contributed by atoms with Gasteiger partial charge in [0, 0.05) is 0 Å². The monoisotopic (exact) mass is 1260 g/mol. The van der Waals surface area contributed by atoms with E-state index in [1.54, 1.807) is 0 Å². The molecule has 4 aliphatic carbocycles. The molecule has 6 saturated heterocycles. The number of aliphatic hydroxyl groups excluding tert-OH is 12. The van der Waals surface area contributed by atoms with E-state index in [0.717, 1.165) is 19.3 Å². The number of hydrogen-bond donors (Lipinski definition) is 14. The molecule has 14 N–H and O–H groups in total. The first kappa shape index (κ1) is 67.5. The lowest BCUT2D eigenvalue weighted by atomic mass is 9.47. The van der Waals surface area contributed by atoms with Gasteiger partial charge in [0.2, 0.25) is 0 Å². The maximum Gasteiger partial charge on any atom is 0.397 e. The first-order chi connectivity index (χ1) is 40.2. The molecule has 9 fully saturated rings. The molecule has 0 aromatic carbocycles. The van der Waals surface area contributed by atoms with E-state index in [9.17, 15) is 79.4 Å². The Labute approximate surface area is 500 Å². The molecule has 29 heteroatoms. The molecular formula is C57H94O28S. The molecule has 0 radical (unpaired) electrons. The van der Waals surface area contributed by atoms with Crippen LogP contribution in [0.3, 0.4) is 0 Å². The molecule has 6 heterocycles. The first-order valence-electron chi connectivity index (χ1n) is 30.6. The highest BCUT2D eigenvalue weighted by Gasteiger charge is 2.67. The van der Waals surface area contributed by atoms with Crippen molar-refractivity contribution in [2.75, 3.05) is 6.61 Å². The number of aliphatic hydroxyl groups is 13. The van der Waals surface area contributed by atoms with Gasteiger partial charge in [-0.05, 0) is 126 Å². The predicted octanol–water partition coefficient (Wildman–Crippen LogP) is -2.48. The van der Waals surface area contributed by atoms with Gasteiger partial charge in [0.15, 0.2) is 31.5 Å². The molecule has 3 saturated carbocycles. The summed E-state index contributed by atoms with van der Waals surface area (Å²) in [5, 5.41) is 147. The number of allylic oxidation sites excluding steroid dienone is 2. The van der Waals surface area contributed by atoms with E-state index in [0.29, 0.717) is 25.2 Å². The Morgan fingerprint density at radius 3 is 1.67 bits per heavy atom. The van der Waals surface area contributed by atoms with Crippen molar-refractivity contribution in [3.05, 3.63) is 11.6 Å². The minimum Gasteiger partial charge on any atom is -0.394 e. The van der Waals surface area contributed by atoms with Crippen molar-refractivity contribution in [1.29, 1.82) is 0 Å². The molecule has 496 valence electrons. The van der Waals surface area contributed by atoms with Gasteiger partial charge in [-0.2, -0.15) is 8.42 Å². The molecule has 0 aromatic heterocycles. The van der Waals surface area contributed by atoms with Crippen LogP contribution in [0.25, 0.3) is 0 Å². The van der Waals surface area contributed by atoms with Gasteiger partial charge in [0.25, 0.3) is 0 Å². The third kappa shape index (κ3) is 12.7. The van der Waals surface area contributed by atoms with E-state index in [1.807, 2.05) is 6.92 Å². The van der Waals surface area contributed by atoms with E-state index >= 15 is 0 Å². The fourth-order valence-electron chi connectivity index (χ4n) is 16.4. The molecular weight excluding hydrogens is 1160 g/mol. The maximum atomic E-state index is 12.5. The lowest BCUT2D eigenvalue weighted by Crippen LogP contribution is -2.68. The molecule has 0 unspecified atom stereocenters. The van der Waals surface area contributed by atoms with E-state index < -0.39 is 200 Å². The molecule has 10 aliphatic rings. The number of epoxide rings is 1. The standard InChI is InChI=1S/C57H94O28S/c1-20(2)16-31-49(78-31)57(9,70)33-11-10-27-26-18-30(29-17-25(85-86(71,72)73)12-14-55(29,7)28(26)13-15-56(27,33)8)79-52-44(69)46(37(62)32(19-58)80-52)82-54-48(84-51-42(67)39(64)35(60)22(4)75-51)43(68)45(24(6)77-54)81-53-47(40(65)36(61)23(5)76-53)83-50-41(66)38(63)34(59)21(3)74-50/h13,20-27,29-54,58-70H,10-12,14-19H2,1-9H3,(H,71,72,73)/t21-,22-,23-,24-,25+,26+,27+,29-,30+,31+,32-,33+,34+,35-,36-,37-,38+,39+,40+,41-,42-,43+,44-,45-,46+,47-,48-,49-,50+,51+,52-,53+,54+,55-,56+,57-/m1/s1. The zero-order valence-electron chi connectivity index (χ0n) is 50.0. The Balaban J connectivity index is 0.929. The number of fused-ring (bicyclic) bond motifs is 5. The first-order valence-corrected chi connectivity index (χ1v) is 31.9. The highest BCUT2D eigenvalue weighted by Crippen LogP contribution is 2.68. The summed E-state index contributed by atoms with van der Waals surface area (Å²) in [5.41, 5.74) is -1.01. The lowest BCUT2D eigenvalue weighted by molar-refractivity contribution is -0.406. The van der Waals surface area contributed by atoms with Crippen molar-refractivity contribution in [2.24, 2.45) is 40.4 Å². The minimum absolute atomic E-state index is 0.0349. The summed E-state index contributed by atoms with van der Waals surface area (Å²) in [6.45, 7) is 15.1. The summed E-state index contributed by atoms with van der Waals surface area (Å²) in [4.78, 5) is 0. The van der Waals surface area contributed by atoms with Crippen LogP contribution in [-0.4, -0.2) is 270 Å². The molecule has 0 amide bonds. The summed E-state index contributed by atoms with van der Waals surface area (Å²) in [6, 6.07) is 0. The second-order valence-electron chi connectivity index (χ2n) is 27.4. The van der Waals surface area contributed by atoms with Crippen molar-refractivity contribution >= 4 is 10.4 Å². The van der Waals surface area contributed by atoms with Crippen molar-refractivity contribution in [3.8, 4) is 0 Å². The van der Waals surface area contributed by atoms with Crippen molar-refractivity contribution in [3.63, 3.8) is 0 Å². The second kappa shape index (κ2) is 25.5. The predicted molar refractivity (Wildman–Crippen MR) is 289 cm³/mol. The highest BCUT2D eigenvalue weighted by atomic mass is 32.3. The topological polar surface area (TPSA) is 431 Å². The van der Waals surface area contributed by atoms with Crippen molar-refractivity contribution in [2.45, 2.75) is 297 Å². The Bertz CT molecular complexity index is 2460. The molecule has 0 spiro atoms. The van der Waals surface area contributed by atoms with Crippen LogP contribution >= 0.6 is 0 Å². The van der Waals surface area contributed by atoms with Crippen LogP contribution < -0.4 is 0 Å². The van der Waals surface area contributed by atoms with Crippen LogP contribution in [0.5, 0.6) is 0 Å². The molecule has 28 nitrogen and oxygen atoms in total.